The predicted molar refractivity (Wildman–Crippen MR) is 15.2 cm³/mol. The molecule has 0 aliphatic heterocycles. The van der Waals surface area contributed by atoms with E-state index in [9.17, 15) is 0 Å². The van der Waals surface area contributed by atoms with E-state index in [2.05, 4.69) is 0 Å². The van der Waals surface area contributed by atoms with Gasteiger partial charge in [0.2, 0.25) is 0 Å². The predicted octanol–water partition coefficient (Wildman–Crippen LogP) is -5.65. The molecular weight excluding hydrogens is 294 g/mol. The monoisotopic (exact) mass is 294 g/mol. The molecule has 0 aliphatic carbocycles. The molecule has 12 heavy (non-hydrogen) atoms. The van der Waals surface area contributed by atoms with Gasteiger partial charge in [0.25, 0.3) is 0 Å². The minimum atomic E-state index is -5.39. The van der Waals surface area contributed by atoms with Gasteiger partial charge in [-0.1, -0.05) is 0 Å². The molecule has 0 saturated heterocycles. The number of rotatable bonds is 0. The molecule has 0 heterocycles. The van der Waals surface area contributed by atoms with E-state index >= 15 is 0 Å². The third-order valence-corrected chi connectivity index (χ3v) is 0. The van der Waals surface area contributed by atoms with Gasteiger partial charge >= 0.3 is 34.7 Å². The Hall–Kier alpha value is 1.28. The Balaban J connectivity index is -0.0000000457. The molecule has 0 saturated carbocycles. The summed E-state index contributed by atoms with van der Waals surface area (Å²) in [5.41, 5.74) is 0. The molecule has 0 atom stereocenters. The molecule has 0 aromatic heterocycles. The Labute approximate surface area is 89.0 Å². The maximum atomic E-state index is 8.55. The van der Waals surface area contributed by atoms with Gasteiger partial charge in [-0.25, -0.2) is 0 Å². The zero-order valence-corrected chi connectivity index (χ0v) is 9.32. The Morgan fingerprint density at radius 1 is 0.583 bits per heavy atom. The van der Waals surface area contributed by atoms with Crippen molar-refractivity contribution in [2.75, 3.05) is 0 Å². The summed E-state index contributed by atoms with van der Waals surface area (Å²) in [7, 11) is -10.8. The normalized spacial score (nSPS) is 9.83. The van der Waals surface area contributed by atoms with Crippen LogP contribution in [0.5, 0.6) is 0 Å². The van der Waals surface area contributed by atoms with Crippen LogP contribution in [-0.2, 0) is 43.9 Å². The first-order chi connectivity index (χ1) is 4.00. The van der Waals surface area contributed by atoms with Crippen LogP contribution in [0.15, 0.2) is 0 Å². The van der Waals surface area contributed by atoms with Crippen LogP contribution in [0.25, 0.3) is 0 Å². The molecule has 0 amide bonds. The first kappa shape index (κ1) is 23.3. The van der Waals surface area contributed by atoms with E-state index in [0.29, 0.717) is 0 Å². The number of hydrogen-bond donors (Lipinski definition) is 0. The summed E-state index contributed by atoms with van der Waals surface area (Å²) in [6.45, 7) is 0. The third-order valence-electron chi connectivity index (χ3n) is 0. The topological polar surface area (TPSA) is 172 Å². The maximum absolute atomic E-state index is 8.55. The van der Waals surface area contributed by atoms with Gasteiger partial charge in [0.05, 0.1) is 0 Å². The van der Waals surface area contributed by atoms with Crippen LogP contribution in [0.4, 0.5) is 0 Å². The smallest absolute Gasteiger partial charge is 0.822 e. The van der Waals surface area contributed by atoms with Crippen molar-refractivity contribution in [1.29, 1.82) is 0 Å². The summed E-state index contributed by atoms with van der Waals surface area (Å²) in [4.78, 5) is 51.3. The number of phosphoric acid groups is 2. The molecule has 0 aromatic carbocycles. The molecule has 12 heteroatoms. The first-order valence-electron chi connectivity index (χ1n) is 1.46. The van der Waals surface area contributed by atoms with Crippen LogP contribution in [0.3, 0.4) is 0 Å². The van der Waals surface area contributed by atoms with E-state index in [0.717, 1.165) is 0 Å². The fraction of sp³-hybridized carbons (Fsp3) is 0. The van der Waals surface area contributed by atoms with Crippen molar-refractivity contribution in [3.05, 3.63) is 0 Å². The van der Waals surface area contributed by atoms with Gasteiger partial charge in [0, 0.05) is 0 Å². The van der Waals surface area contributed by atoms with E-state index < -0.39 is 15.6 Å². The minimum Gasteiger partial charge on any atom is -0.822 e. The molecule has 0 spiro atoms. The average Bonchev–Trinajstić information content (AvgIpc) is 1.12. The Morgan fingerprint density at radius 3 is 0.583 bits per heavy atom. The molecule has 0 N–H and O–H groups in total. The Kier molecular flexibility index (Phi) is 17.2. The molecule has 0 unspecified atom stereocenters. The van der Waals surface area contributed by atoms with Crippen LogP contribution in [0.2, 0.25) is 0 Å². The summed E-state index contributed by atoms with van der Waals surface area (Å²) >= 11 is 0. The second-order valence-electron chi connectivity index (χ2n) is 0.894. The number of hydrogen-bond acceptors (Lipinski definition) is 8. The Bertz CT molecular complexity index is 127. The van der Waals surface area contributed by atoms with Crippen molar-refractivity contribution < 1.29 is 73.2 Å². The van der Waals surface area contributed by atoms with Gasteiger partial charge in [0.1, 0.15) is 0 Å². The minimum absolute atomic E-state index is 0. The first-order valence-corrected chi connectivity index (χ1v) is 4.38. The summed E-state index contributed by atoms with van der Waals surface area (Å²) in [6, 6.07) is 0. The van der Waals surface area contributed by atoms with E-state index in [1.807, 2.05) is 0 Å². The molecule has 70 valence electrons. The van der Waals surface area contributed by atoms with Crippen LogP contribution in [0.1, 0.15) is 0 Å². The van der Waals surface area contributed by atoms with Gasteiger partial charge in [-0.15, -0.1) is 0 Å². The quantitative estimate of drug-likeness (QED) is 0.397. The molecule has 2 radical (unpaired) electrons. The van der Waals surface area contributed by atoms with Crippen LogP contribution < -0.4 is 29.4 Å². The largest absolute Gasteiger partial charge is 3.00 e. The van der Waals surface area contributed by atoms with E-state index in [1.165, 1.54) is 0 Å². The van der Waals surface area contributed by atoms with Crippen LogP contribution in [-0.4, -0.2) is 0 Å². The molecular formula is Cr2O8P2. The maximum Gasteiger partial charge on any atom is 3.00 e. The SMILES string of the molecule is O=P([O-])([O-])[O-].O=P([O-])([O-])[O-].[Cr+3].[Cr+3]. The van der Waals surface area contributed by atoms with Gasteiger partial charge in [-0.05, 0) is 0 Å². The van der Waals surface area contributed by atoms with E-state index in [-0.39, 0.29) is 34.7 Å². The van der Waals surface area contributed by atoms with Crippen LogP contribution in [0, 0.1) is 0 Å². The van der Waals surface area contributed by atoms with Gasteiger partial charge in [-0.2, -0.15) is 15.6 Å². The fourth-order valence-corrected chi connectivity index (χ4v) is 0. The average molecular weight is 294 g/mol. The summed E-state index contributed by atoms with van der Waals surface area (Å²) < 4.78 is 17.1. The summed E-state index contributed by atoms with van der Waals surface area (Å²) in [6.07, 6.45) is 0. The van der Waals surface area contributed by atoms with Gasteiger partial charge < -0.3 is 38.5 Å². The van der Waals surface area contributed by atoms with Crippen molar-refractivity contribution in [3.63, 3.8) is 0 Å². The molecule has 8 nitrogen and oxygen atoms in total. The van der Waals surface area contributed by atoms with Crippen molar-refractivity contribution in [3.8, 4) is 0 Å². The van der Waals surface area contributed by atoms with Gasteiger partial charge in [-0.3, -0.25) is 0 Å². The molecule has 0 aromatic rings. The Morgan fingerprint density at radius 2 is 0.583 bits per heavy atom. The van der Waals surface area contributed by atoms with Crippen molar-refractivity contribution in [2.24, 2.45) is 0 Å². The van der Waals surface area contributed by atoms with Crippen molar-refractivity contribution in [1.82, 2.24) is 0 Å². The molecule has 0 bridgehead atoms. The van der Waals surface area contributed by atoms with Crippen LogP contribution >= 0.6 is 15.6 Å². The zero-order chi connectivity index (χ0) is 9.00. The van der Waals surface area contributed by atoms with Crippen molar-refractivity contribution >= 4 is 15.6 Å². The standard InChI is InChI=1S/2Cr.2H3O4P/c;;2*1-5(2,3)4/h;;2*(H3,1,2,3,4)/q2*+3;;/p-6. The zero-order valence-electron chi connectivity index (χ0n) is 4.98. The summed E-state index contributed by atoms with van der Waals surface area (Å²) in [5.74, 6) is 0. The van der Waals surface area contributed by atoms with E-state index in [4.69, 9.17) is 38.5 Å². The van der Waals surface area contributed by atoms with E-state index in [1.54, 1.807) is 0 Å². The fourth-order valence-electron chi connectivity index (χ4n) is 0. The third kappa shape index (κ3) is 723. The van der Waals surface area contributed by atoms with Gasteiger partial charge in [0.15, 0.2) is 0 Å². The molecule has 0 fully saturated rings. The second-order valence-corrected chi connectivity index (χ2v) is 2.68. The summed E-state index contributed by atoms with van der Waals surface area (Å²) in [5, 5.41) is 0. The molecule has 0 rings (SSSR count). The second kappa shape index (κ2) is 8.86. The molecule has 0 aliphatic rings. The van der Waals surface area contributed by atoms with Crippen molar-refractivity contribution in [2.45, 2.75) is 0 Å².